The van der Waals surface area contributed by atoms with Crippen molar-refractivity contribution in [3.8, 4) is 0 Å². The number of hydrogen-bond acceptors (Lipinski definition) is 4. The van der Waals surface area contributed by atoms with E-state index in [9.17, 15) is 14.9 Å². The molecule has 1 aromatic heterocycles. The highest BCUT2D eigenvalue weighted by Gasteiger charge is 2.21. The number of carbonyl (C=O) groups is 1. The van der Waals surface area contributed by atoms with Crippen molar-refractivity contribution in [3.63, 3.8) is 0 Å². The van der Waals surface area contributed by atoms with Crippen molar-refractivity contribution < 1.29 is 9.72 Å². The fraction of sp³-hybridized carbons (Fsp3) is 0.133. The molecule has 0 unspecified atom stereocenters. The van der Waals surface area contributed by atoms with Gasteiger partial charge in [-0.15, -0.1) is 0 Å². The lowest BCUT2D eigenvalue weighted by molar-refractivity contribution is -0.380. The summed E-state index contributed by atoms with van der Waals surface area (Å²) >= 11 is 1.08. The van der Waals surface area contributed by atoms with Crippen LogP contribution in [0.2, 0.25) is 0 Å². The van der Waals surface area contributed by atoms with E-state index in [4.69, 9.17) is 0 Å². The quantitative estimate of drug-likeness (QED) is 0.478. The SMILES string of the molecule is O=C1/C(=C/c2csc([N+](=O)[O-])c2)CCc2ccccc21. The van der Waals surface area contributed by atoms with Gasteiger partial charge >= 0.3 is 5.00 Å². The first-order valence-corrected chi connectivity index (χ1v) is 7.09. The van der Waals surface area contributed by atoms with Crippen LogP contribution >= 0.6 is 11.3 Å². The van der Waals surface area contributed by atoms with Gasteiger partial charge in [0.2, 0.25) is 0 Å². The number of nitro groups is 1. The zero-order valence-corrected chi connectivity index (χ0v) is 11.4. The lowest BCUT2D eigenvalue weighted by atomic mass is 9.86. The monoisotopic (exact) mass is 285 g/mol. The fourth-order valence-electron chi connectivity index (χ4n) is 2.37. The molecular weight excluding hydrogens is 274 g/mol. The van der Waals surface area contributed by atoms with E-state index in [1.165, 1.54) is 6.07 Å². The number of carbonyl (C=O) groups excluding carboxylic acids is 1. The molecule has 0 amide bonds. The largest absolute Gasteiger partial charge is 0.324 e. The summed E-state index contributed by atoms with van der Waals surface area (Å²) in [6.45, 7) is 0. The summed E-state index contributed by atoms with van der Waals surface area (Å²) in [4.78, 5) is 22.6. The van der Waals surface area contributed by atoms with Gasteiger partial charge in [0.25, 0.3) is 0 Å². The minimum absolute atomic E-state index is 0.0284. The standard InChI is InChI=1S/C15H11NO3S/c17-15-12(6-5-11-3-1-2-4-13(11)15)7-10-8-14(16(18)19)20-9-10/h1-4,7-9H,5-6H2/b12-7+. The van der Waals surface area contributed by atoms with Crippen molar-refractivity contribution in [1.29, 1.82) is 0 Å². The molecule has 20 heavy (non-hydrogen) atoms. The van der Waals surface area contributed by atoms with Gasteiger partial charge in [0.1, 0.15) is 0 Å². The topological polar surface area (TPSA) is 60.2 Å². The molecule has 0 fully saturated rings. The van der Waals surface area contributed by atoms with Gasteiger partial charge in [0.15, 0.2) is 5.78 Å². The van der Waals surface area contributed by atoms with Crippen LogP contribution in [0.3, 0.4) is 0 Å². The lowest BCUT2D eigenvalue weighted by Gasteiger charge is -2.16. The van der Waals surface area contributed by atoms with Crippen LogP contribution in [0, 0.1) is 10.1 Å². The van der Waals surface area contributed by atoms with Crippen molar-refractivity contribution in [3.05, 3.63) is 68.1 Å². The molecule has 0 radical (unpaired) electrons. The van der Waals surface area contributed by atoms with Gasteiger partial charge in [0.05, 0.1) is 4.92 Å². The fourth-order valence-corrected chi connectivity index (χ4v) is 3.05. The number of thiophene rings is 1. The summed E-state index contributed by atoms with van der Waals surface area (Å²) < 4.78 is 0. The predicted octanol–water partition coefficient (Wildman–Crippen LogP) is 3.87. The van der Waals surface area contributed by atoms with E-state index < -0.39 is 4.92 Å². The molecule has 0 bridgehead atoms. The van der Waals surface area contributed by atoms with Crippen LogP contribution < -0.4 is 0 Å². The number of hydrogen-bond donors (Lipinski definition) is 0. The Morgan fingerprint density at radius 3 is 2.80 bits per heavy atom. The number of nitrogens with zero attached hydrogens (tertiary/aromatic N) is 1. The molecule has 1 aliphatic carbocycles. The Hall–Kier alpha value is -2.27. The van der Waals surface area contributed by atoms with E-state index in [1.807, 2.05) is 24.3 Å². The molecule has 4 nitrogen and oxygen atoms in total. The minimum Gasteiger partial charge on any atom is -0.289 e. The number of benzene rings is 1. The average Bonchev–Trinajstić information content (AvgIpc) is 2.91. The Morgan fingerprint density at radius 1 is 1.25 bits per heavy atom. The van der Waals surface area contributed by atoms with E-state index in [1.54, 1.807) is 11.5 Å². The Kier molecular flexibility index (Phi) is 3.20. The van der Waals surface area contributed by atoms with Crippen molar-refractivity contribution in [2.45, 2.75) is 12.8 Å². The molecule has 0 spiro atoms. The first-order chi connectivity index (χ1) is 9.65. The summed E-state index contributed by atoms with van der Waals surface area (Å²) in [6, 6.07) is 9.10. The smallest absolute Gasteiger partial charge is 0.289 e. The maximum Gasteiger partial charge on any atom is 0.324 e. The third-order valence-corrected chi connectivity index (χ3v) is 4.24. The number of fused-ring (bicyclic) bond motifs is 1. The normalized spacial score (nSPS) is 16.2. The van der Waals surface area contributed by atoms with Gasteiger partial charge < -0.3 is 0 Å². The molecule has 0 saturated heterocycles. The zero-order valence-electron chi connectivity index (χ0n) is 10.5. The van der Waals surface area contributed by atoms with Gasteiger partial charge in [-0.1, -0.05) is 35.6 Å². The van der Waals surface area contributed by atoms with Crippen LogP contribution in [0.15, 0.2) is 41.3 Å². The molecular formula is C15H11NO3S. The number of aryl methyl sites for hydroxylation is 1. The maximum atomic E-state index is 12.4. The van der Waals surface area contributed by atoms with E-state index in [2.05, 4.69) is 0 Å². The molecule has 3 rings (SSSR count). The molecule has 100 valence electrons. The van der Waals surface area contributed by atoms with Crippen molar-refractivity contribution >= 4 is 28.2 Å². The molecule has 0 saturated carbocycles. The summed E-state index contributed by atoms with van der Waals surface area (Å²) in [5, 5.41) is 12.5. The summed E-state index contributed by atoms with van der Waals surface area (Å²) in [7, 11) is 0. The van der Waals surface area contributed by atoms with Crippen LogP contribution in [0.4, 0.5) is 5.00 Å². The molecule has 5 heteroatoms. The Balaban J connectivity index is 1.93. The number of Topliss-reactive ketones (excluding diaryl/α,β-unsaturated/α-hetero) is 1. The molecule has 1 heterocycles. The van der Waals surface area contributed by atoms with Crippen molar-refractivity contribution in [1.82, 2.24) is 0 Å². The number of allylic oxidation sites excluding steroid dienone is 1. The summed E-state index contributed by atoms with van der Waals surface area (Å²) in [6.07, 6.45) is 3.28. The van der Waals surface area contributed by atoms with E-state index >= 15 is 0 Å². The highest BCUT2D eigenvalue weighted by molar-refractivity contribution is 7.13. The number of ketones is 1. The second kappa shape index (κ2) is 5.02. The van der Waals surface area contributed by atoms with E-state index in [0.29, 0.717) is 6.42 Å². The second-order valence-corrected chi connectivity index (χ2v) is 5.52. The van der Waals surface area contributed by atoms with Gasteiger partial charge in [-0.3, -0.25) is 14.9 Å². The predicted molar refractivity (Wildman–Crippen MR) is 78.0 cm³/mol. The van der Waals surface area contributed by atoms with Gasteiger partial charge in [-0.2, -0.15) is 0 Å². The van der Waals surface area contributed by atoms with Crippen LogP contribution in [-0.2, 0) is 6.42 Å². The lowest BCUT2D eigenvalue weighted by Crippen LogP contribution is -2.13. The van der Waals surface area contributed by atoms with Gasteiger partial charge in [-0.05, 0) is 30.0 Å². The van der Waals surface area contributed by atoms with Gasteiger partial charge in [-0.25, -0.2) is 0 Å². The highest BCUT2D eigenvalue weighted by Crippen LogP contribution is 2.29. The molecule has 0 atom stereocenters. The first-order valence-electron chi connectivity index (χ1n) is 6.21. The van der Waals surface area contributed by atoms with Crippen molar-refractivity contribution in [2.75, 3.05) is 0 Å². The Labute approximate surface area is 119 Å². The molecule has 2 aromatic rings. The van der Waals surface area contributed by atoms with Gasteiger partial charge in [0, 0.05) is 22.6 Å². The first kappa shape index (κ1) is 12.7. The Morgan fingerprint density at radius 2 is 2.05 bits per heavy atom. The maximum absolute atomic E-state index is 12.4. The van der Waals surface area contributed by atoms with Crippen LogP contribution in [-0.4, -0.2) is 10.7 Å². The zero-order chi connectivity index (χ0) is 14.1. The minimum atomic E-state index is -0.412. The third-order valence-electron chi connectivity index (χ3n) is 3.34. The van der Waals surface area contributed by atoms with E-state index in [-0.39, 0.29) is 10.8 Å². The average molecular weight is 285 g/mol. The van der Waals surface area contributed by atoms with E-state index in [0.717, 1.165) is 40.0 Å². The summed E-state index contributed by atoms with van der Waals surface area (Å²) in [5.41, 5.74) is 3.27. The molecule has 1 aromatic carbocycles. The van der Waals surface area contributed by atoms with Crippen LogP contribution in [0.25, 0.3) is 6.08 Å². The molecule has 0 N–H and O–H groups in total. The van der Waals surface area contributed by atoms with Crippen LogP contribution in [0.1, 0.15) is 27.9 Å². The highest BCUT2D eigenvalue weighted by atomic mass is 32.1. The molecule has 0 aliphatic heterocycles. The third kappa shape index (κ3) is 2.28. The summed E-state index contributed by atoms with van der Waals surface area (Å²) in [5.74, 6) is 0.0284. The second-order valence-electron chi connectivity index (χ2n) is 4.63. The number of rotatable bonds is 2. The Bertz CT molecular complexity index is 730. The van der Waals surface area contributed by atoms with Crippen LogP contribution in [0.5, 0.6) is 0 Å². The van der Waals surface area contributed by atoms with Crippen molar-refractivity contribution in [2.24, 2.45) is 0 Å². The molecule has 1 aliphatic rings.